The van der Waals surface area contributed by atoms with E-state index in [0.29, 0.717) is 29.8 Å². The normalized spacial score (nSPS) is 17.9. The number of aromatic nitrogens is 1. The molecule has 0 amide bonds. The average molecular weight is 322 g/mol. The molecular weight excluding hydrogens is 311 g/mol. The molecule has 1 saturated heterocycles. The molecule has 1 aromatic heterocycles. The number of nitrogens with zero attached hydrogens (tertiary/aromatic N) is 3. The van der Waals surface area contributed by atoms with Crippen molar-refractivity contribution < 1.29 is 13.6 Å². The summed E-state index contributed by atoms with van der Waals surface area (Å²) in [6.07, 6.45) is 2.35. The van der Waals surface area contributed by atoms with Crippen LogP contribution >= 0.6 is 23.2 Å². The van der Waals surface area contributed by atoms with Crippen LogP contribution in [0.5, 0.6) is 0 Å². The number of alkyl halides is 3. The summed E-state index contributed by atoms with van der Waals surface area (Å²) in [6.45, 7) is 1.14. The first kappa shape index (κ1) is 15.0. The van der Waals surface area contributed by atoms with Crippen LogP contribution in [-0.2, 0) is 4.79 Å². The molecule has 0 N–H and O–H groups in total. The molecule has 108 valence electrons. The number of carbonyl (C=O) groups is 1. The molecule has 2 heterocycles. The van der Waals surface area contributed by atoms with Crippen LogP contribution in [0.2, 0.25) is 5.15 Å². The van der Waals surface area contributed by atoms with E-state index < -0.39 is 11.2 Å². The molecule has 1 fully saturated rings. The maximum Gasteiger partial charge on any atom is 0.384 e. The third kappa shape index (κ3) is 3.19. The zero-order valence-electron chi connectivity index (χ0n) is 10.5. The van der Waals surface area contributed by atoms with Gasteiger partial charge in [-0.25, -0.2) is 4.98 Å². The number of anilines is 1. The van der Waals surface area contributed by atoms with Crippen LogP contribution in [0.3, 0.4) is 0 Å². The summed E-state index contributed by atoms with van der Waals surface area (Å²) in [7, 11) is 1.70. The maximum atomic E-state index is 12.8. The highest BCUT2D eigenvalue weighted by molar-refractivity contribution is 6.34. The van der Waals surface area contributed by atoms with Crippen molar-refractivity contribution in [1.82, 2.24) is 9.88 Å². The van der Waals surface area contributed by atoms with E-state index in [-0.39, 0.29) is 0 Å². The van der Waals surface area contributed by atoms with Gasteiger partial charge in [0.15, 0.2) is 0 Å². The monoisotopic (exact) mass is 321 g/mol. The lowest BCUT2D eigenvalue weighted by Gasteiger charge is -2.22. The van der Waals surface area contributed by atoms with Gasteiger partial charge in [0.1, 0.15) is 11.0 Å². The zero-order valence-corrected chi connectivity index (χ0v) is 12.0. The van der Waals surface area contributed by atoms with Crippen molar-refractivity contribution in [3.8, 4) is 0 Å². The molecule has 1 aliphatic heterocycles. The summed E-state index contributed by atoms with van der Waals surface area (Å²) >= 11 is 10.4. The Morgan fingerprint density at radius 2 is 2.15 bits per heavy atom. The van der Waals surface area contributed by atoms with E-state index in [1.807, 2.05) is 0 Å². The second kappa shape index (κ2) is 5.54. The molecule has 0 radical (unpaired) electrons. The summed E-state index contributed by atoms with van der Waals surface area (Å²) in [5.74, 6) is -1.10. The van der Waals surface area contributed by atoms with Crippen LogP contribution in [0.4, 0.5) is 14.5 Å². The minimum absolute atomic E-state index is 0.329. The van der Waals surface area contributed by atoms with Crippen molar-refractivity contribution in [3.63, 3.8) is 0 Å². The van der Waals surface area contributed by atoms with Crippen LogP contribution in [-0.4, -0.2) is 41.2 Å². The van der Waals surface area contributed by atoms with Crippen molar-refractivity contribution in [2.45, 2.75) is 5.38 Å². The molecular formula is C12H11Cl2F2N3O. The smallest absolute Gasteiger partial charge is 0.359 e. The van der Waals surface area contributed by atoms with E-state index in [1.54, 1.807) is 29.0 Å². The fourth-order valence-electron chi connectivity index (χ4n) is 1.86. The second-order valence-electron chi connectivity index (χ2n) is 4.28. The second-order valence-corrected chi connectivity index (χ2v) is 5.14. The highest BCUT2D eigenvalue weighted by atomic mass is 35.5. The summed E-state index contributed by atoms with van der Waals surface area (Å²) in [4.78, 5) is 18.7. The third-order valence-corrected chi connectivity index (χ3v) is 3.30. The first-order valence-electron chi connectivity index (χ1n) is 5.72. The first-order chi connectivity index (χ1) is 9.29. The van der Waals surface area contributed by atoms with E-state index in [4.69, 9.17) is 23.2 Å². The molecule has 1 aliphatic rings. The van der Waals surface area contributed by atoms with Gasteiger partial charge in [0.2, 0.25) is 5.78 Å². The number of allylic oxidation sites excluding steroid dienone is 1. The van der Waals surface area contributed by atoms with E-state index in [1.165, 1.54) is 6.20 Å². The molecule has 1 aromatic rings. The fraction of sp³-hybridized carbons (Fsp3) is 0.333. The van der Waals surface area contributed by atoms with Gasteiger partial charge in [-0.1, -0.05) is 11.6 Å². The van der Waals surface area contributed by atoms with Crippen molar-refractivity contribution in [2.24, 2.45) is 0 Å². The molecule has 8 heteroatoms. The molecule has 0 aromatic carbocycles. The molecule has 0 unspecified atom stereocenters. The third-order valence-electron chi connectivity index (χ3n) is 2.89. The van der Waals surface area contributed by atoms with Crippen LogP contribution < -0.4 is 4.90 Å². The Labute approximate surface area is 124 Å². The van der Waals surface area contributed by atoms with Gasteiger partial charge in [-0.3, -0.25) is 4.79 Å². The van der Waals surface area contributed by atoms with Gasteiger partial charge >= 0.3 is 5.38 Å². The number of rotatable bonds is 3. The topological polar surface area (TPSA) is 36.4 Å². The van der Waals surface area contributed by atoms with Gasteiger partial charge < -0.3 is 9.80 Å². The number of hydrogen-bond acceptors (Lipinski definition) is 4. The highest BCUT2D eigenvalue weighted by Gasteiger charge is 2.36. The minimum Gasteiger partial charge on any atom is -0.359 e. The van der Waals surface area contributed by atoms with Crippen LogP contribution in [0.25, 0.3) is 0 Å². The molecule has 0 saturated carbocycles. The molecule has 0 bridgehead atoms. The Bertz CT molecular complexity index is 543. The Kier molecular flexibility index (Phi) is 4.15. The van der Waals surface area contributed by atoms with Crippen molar-refractivity contribution in [2.75, 3.05) is 25.0 Å². The minimum atomic E-state index is -3.90. The SMILES string of the molecule is CN1CCN(c2ccc(Cl)nc2)C1=CC(=O)C(F)(F)Cl. The van der Waals surface area contributed by atoms with E-state index in [9.17, 15) is 13.6 Å². The Morgan fingerprint density at radius 1 is 1.45 bits per heavy atom. The van der Waals surface area contributed by atoms with Crippen molar-refractivity contribution in [3.05, 3.63) is 35.4 Å². The molecule has 2 rings (SSSR count). The fourth-order valence-corrected chi connectivity index (χ4v) is 2.03. The first-order valence-corrected chi connectivity index (χ1v) is 6.47. The summed E-state index contributed by atoms with van der Waals surface area (Å²) in [6, 6.07) is 3.29. The predicted octanol–water partition coefficient (Wildman–Crippen LogP) is 2.73. The van der Waals surface area contributed by atoms with Crippen LogP contribution in [0.15, 0.2) is 30.2 Å². The molecule has 0 aliphatic carbocycles. The van der Waals surface area contributed by atoms with E-state index >= 15 is 0 Å². The number of likely N-dealkylation sites (N-methyl/N-ethyl adjacent to an activating group) is 1. The largest absolute Gasteiger partial charge is 0.384 e. The molecule has 0 atom stereocenters. The maximum absolute atomic E-state index is 12.8. The average Bonchev–Trinajstić information content (AvgIpc) is 2.71. The van der Waals surface area contributed by atoms with Gasteiger partial charge in [0, 0.05) is 26.2 Å². The van der Waals surface area contributed by atoms with Crippen molar-refractivity contribution >= 4 is 34.7 Å². The van der Waals surface area contributed by atoms with Gasteiger partial charge in [0.25, 0.3) is 0 Å². The van der Waals surface area contributed by atoms with Crippen LogP contribution in [0, 0.1) is 0 Å². The van der Waals surface area contributed by atoms with Crippen LogP contribution in [0.1, 0.15) is 0 Å². The van der Waals surface area contributed by atoms with Gasteiger partial charge in [-0.15, -0.1) is 0 Å². The quantitative estimate of drug-likeness (QED) is 0.487. The number of ketones is 1. The summed E-state index contributed by atoms with van der Waals surface area (Å²) in [5.41, 5.74) is 0.663. The number of hydrogen-bond donors (Lipinski definition) is 0. The number of halogens is 4. The van der Waals surface area contributed by atoms with E-state index in [2.05, 4.69) is 4.98 Å². The van der Waals surface area contributed by atoms with Gasteiger partial charge in [-0.2, -0.15) is 8.78 Å². The molecule has 4 nitrogen and oxygen atoms in total. The Balaban J connectivity index is 2.32. The molecule has 0 spiro atoms. The standard InChI is InChI=1S/C12H11Cl2F2N3O/c1-18-4-5-19(8-2-3-10(13)17-7-8)11(18)6-9(20)12(14,15)16/h2-3,6-7H,4-5H2,1H3. The summed E-state index contributed by atoms with van der Waals surface area (Å²) < 4.78 is 25.6. The lowest BCUT2D eigenvalue weighted by molar-refractivity contribution is -0.128. The highest BCUT2D eigenvalue weighted by Crippen LogP contribution is 2.28. The molecule has 20 heavy (non-hydrogen) atoms. The van der Waals surface area contributed by atoms with E-state index in [0.717, 1.165) is 6.08 Å². The summed E-state index contributed by atoms with van der Waals surface area (Å²) in [5, 5.41) is -3.57. The Hall–Kier alpha value is -1.40. The van der Waals surface area contributed by atoms with Gasteiger partial charge in [-0.05, 0) is 23.7 Å². The van der Waals surface area contributed by atoms with Gasteiger partial charge in [0.05, 0.1) is 11.9 Å². The number of carbonyl (C=O) groups excluding carboxylic acids is 1. The predicted molar refractivity (Wildman–Crippen MR) is 73.1 cm³/mol. The Morgan fingerprint density at radius 3 is 2.70 bits per heavy atom. The van der Waals surface area contributed by atoms with Crippen molar-refractivity contribution in [1.29, 1.82) is 0 Å². The number of pyridine rings is 1. The lowest BCUT2D eigenvalue weighted by atomic mass is 10.3. The zero-order chi connectivity index (χ0) is 14.9. The lowest BCUT2D eigenvalue weighted by Crippen LogP contribution is -2.26.